The number of hydrogen-bond acceptors (Lipinski definition) is 5. The largest absolute Gasteiger partial charge is 0.493 e. The number of nitriles is 1. The van der Waals surface area contributed by atoms with Crippen molar-refractivity contribution in [3.05, 3.63) is 102 Å². The molecule has 0 spiro atoms. The van der Waals surface area contributed by atoms with Gasteiger partial charge in [0.2, 0.25) is 9.84 Å². The van der Waals surface area contributed by atoms with Crippen LogP contribution in [-0.4, -0.2) is 24.8 Å². The van der Waals surface area contributed by atoms with Gasteiger partial charge in [0.15, 0.2) is 0 Å². The molecule has 4 rings (SSSR count). The average Bonchev–Trinajstić information content (AvgIpc) is 3.31. The first-order valence-electron chi connectivity index (χ1n) is 11.2. The van der Waals surface area contributed by atoms with E-state index in [2.05, 4.69) is 13.8 Å². The van der Waals surface area contributed by atoms with Crippen LogP contribution in [0.1, 0.15) is 19.4 Å². The first kappa shape index (κ1) is 24.0. The summed E-state index contributed by atoms with van der Waals surface area (Å²) in [4.78, 5) is -0.286. The van der Waals surface area contributed by atoms with Gasteiger partial charge in [-0.15, -0.1) is 0 Å². The lowest BCUT2D eigenvalue weighted by Crippen LogP contribution is -2.04. The van der Waals surface area contributed by atoms with E-state index in [1.807, 2.05) is 60.7 Å². The van der Waals surface area contributed by atoms with Crippen LogP contribution in [0, 0.1) is 17.2 Å². The van der Waals surface area contributed by atoms with E-state index in [0.717, 1.165) is 17.0 Å². The molecular weight excluding hydrogens is 458 g/mol. The highest BCUT2D eigenvalue weighted by Crippen LogP contribution is 2.29. The molecule has 0 saturated carbocycles. The van der Waals surface area contributed by atoms with Crippen molar-refractivity contribution >= 4 is 15.9 Å². The Balaban J connectivity index is 1.80. The Bertz CT molecular complexity index is 1470. The number of nitrogens with zero attached hydrogens (tertiary/aromatic N) is 3. The van der Waals surface area contributed by atoms with E-state index in [-0.39, 0.29) is 9.80 Å². The number of hydrogen-bond donors (Lipinski definition) is 0. The SMILES string of the molecule is CC(C)COc1ccc(-c2nn(-c3ccccc3)cc2C=C(C#N)S(=O)(=O)c2ccccc2)cc1. The van der Waals surface area contributed by atoms with Crippen molar-refractivity contribution in [2.75, 3.05) is 6.61 Å². The quantitative estimate of drug-likeness (QED) is 0.291. The summed E-state index contributed by atoms with van der Waals surface area (Å²) in [7, 11) is -3.98. The molecule has 0 amide bonds. The van der Waals surface area contributed by atoms with Crippen molar-refractivity contribution < 1.29 is 13.2 Å². The highest BCUT2D eigenvalue weighted by Gasteiger charge is 2.22. The van der Waals surface area contributed by atoms with Crippen LogP contribution in [0.25, 0.3) is 23.0 Å². The maximum atomic E-state index is 13.1. The average molecular weight is 484 g/mol. The van der Waals surface area contributed by atoms with E-state index >= 15 is 0 Å². The van der Waals surface area contributed by atoms with Crippen LogP contribution in [0.15, 0.2) is 101 Å². The molecule has 6 nitrogen and oxygen atoms in total. The highest BCUT2D eigenvalue weighted by atomic mass is 32.2. The van der Waals surface area contributed by atoms with Crippen molar-refractivity contribution in [3.63, 3.8) is 0 Å². The normalized spacial score (nSPS) is 11.9. The van der Waals surface area contributed by atoms with E-state index in [1.54, 1.807) is 29.1 Å². The summed E-state index contributed by atoms with van der Waals surface area (Å²) in [6.07, 6.45) is 3.11. The van der Waals surface area contributed by atoms with Gasteiger partial charge in [0, 0.05) is 17.3 Å². The minimum Gasteiger partial charge on any atom is -0.493 e. The Labute approximate surface area is 205 Å². The van der Waals surface area contributed by atoms with Crippen molar-refractivity contribution in [1.82, 2.24) is 9.78 Å². The van der Waals surface area contributed by atoms with Gasteiger partial charge in [0.05, 0.1) is 17.2 Å². The van der Waals surface area contributed by atoms with Gasteiger partial charge in [-0.1, -0.05) is 50.2 Å². The maximum absolute atomic E-state index is 13.1. The molecule has 0 fully saturated rings. The van der Waals surface area contributed by atoms with Gasteiger partial charge in [-0.2, -0.15) is 10.4 Å². The molecule has 0 bridgehead atoms. The fourth-order valence-corrected chi connectivity index (χ4v) is 4.61. The van der Waals surface area contributed by atoms with E-state index in [4.69, 9.17) is 9.84 Å². The lowest BCUT2D eigenvalue weighted by atomic mass is 10.1. The lowest BCUT2D eigenvalue weighted by molar-refractivity contribution is 0.271. The lowest BCUT2D eigenvalue weighted by Gasteiger charge is -2.09. The third kappa shape index (κ3) is 5.51. The number of ether oxygens (including phenoxy) is 1. The molecule has 7 heteroatoms. The molecule has 0 radical (unpaired) electrons. The summed E-state index contributed by atoms with van der Waals surface area (Å²) < 4.78 is 33.7. The summed E-state index contributed by atoms with van der Waals surface area (Å²) >= 11 is 0. The summed E-state index contributed by atoms with van der Waals surface area (Å²) in [5, 5.41) is 14.5. The Hall–Kier alpha value is -4.15. The molecule has 0 aliphatic rings. The zero-order valence-electron chi connectivity index (χ0n) is 19.5. The van der Waals surface area contributed by atoms with Gasteiger partial charge in [-0.25, -0.2) is 13.1 Å². The Morgan fingerprint density at radius 1 is 1.00 bits per heavy atom. The topological polar surface area (TPSA) is 85.0 Å². The van der Waals surface area contributed by atoms with Crippen LogP contribution in [-0.2, 0) is 9.84 Å². The predicted octanol–water partition coefficient (Wildman–Crippen LogP) is 5.91. The Morgan fingerprint density at radius 3 is 2.23 bits per heavy atom. The number of allylic oxidation sites excluding steroid dienone is 1. The van der Waals surface area contributed by atoms with Crippen LogP contribution >= 0.6 is 0 Å². The second-order valence-electron chi connectivity index (χ2n) is 8.38. The molecule has 4 aromatic rings. The predicted molar refractivity (Wildman–Crippen MR) is 137 cm³/mol. The minimum absolute atomic E-state index is 0.0662. The molecule has 3 aromatic carbocycles. The second-order valence-corrected chi connectivity index (χ2v) is 10.3. The molecule has 0 atom stereocenters. The molecule has 0 N–H and O–H groups in total. The van der Waals surface area contributed by atoms with Gasteiger partial charge in [0.1, 0.15) is 22.4 Å². The van der Waals surface area contributed by atoms with Gasteiger partial charge in [-0.05, 0) is 60.5 Å². The summed E-state index contributed by atoms with van der Waals surface area (Å²) in [6, 6.07) is 26.8. The minimum atomic E-state index is -3.98. The monoisotopic (exact) mass is 483 g/mol. The molecule has 0 aliphatic heterocycles. The van der Waals surface area contributed by atoms with Gasteiger partial charge in [0.25, 0.3) is 0 Å². The molecular formula is C28H25N3O3S. The maximum Gasteiger partial charge on any atom is 0.216 e. The van der Waals surface area contributed by atoms with Gasteiger partial charge in [-0.3, -0.25) is 0 Å². The van der Waals surface area contributed by atoms with E-state index in [9.17, 15) is 13.7 Å². The summed E-state index contributed by atoms with van der Waals surface area (Å²) in [5.74, 6) is 1.15. The summed E-state index contributed by atoms with van der Waals surface area (Å²) in [5.41, 5.74) is 2.66. The Morgan fingerprint density at radius 2 is 1.63 bits per heavy atom. The molecule has 0 unspecified atom stereocenters. The molecule has 35 heavy (non-hydrogen) atoms. The van der Waals surface area contributed by atoms with Crippen molar-refractivity contribution in [1.29, 1.82) is 5.26 Å². The fraction of sp³-hybridized carbons (Fsp3) is 0.143. The van der Waals surface area contributed by atoms with Crippen LogP contribution in [0.2, 0.25) is 0 Å². The van der Waals surface area contributed by atoms with E-state index in [0.29, 0.717) is 23.8 Å². The van der Waals surface area contributed by atoms with Gasteiger partial charge < -0.3 is 4.74 Å². The number of aromatic nitrogens is 2. The summed E-state index contributed by atoms with van der Waals surface area (Å²) in [6.45, 7) is 4.78. The molecule has 1 heterocycles. The van der Waals surface area contributed by atoms with Crippen LogP contribution in [0.3, 0.4) is 0 Å². The molecule has 0 aliphatic carbocycles. The van der Waals surface area contributed by atoms with Gasteiger partial charge >= 0.3 is 0 Å². The van der Waals surface area contributed by atoms with E-state index < -0.39 is 9.84 Å². The molecule has 0 saturated heterocycles. The van der Waals surface area contributed by atoms with Crippen LogP contribution in [0.5, 0.6) is 5.75 Å². The highest BCUT2D eigenvalue weighted by molar-refractivity contribution is 7.95. The number of rotatable bonds is 8. The van der Waals surface area contributed by atoms with E-state index in [1.165, 1.54) is 18.2 Å². The van der Waals surface area contributed by atoms with Crippen molar-refractivity contribution in [3.8, 4) is 28.8 Å². The van der Waals surface area contributed by atoms with Crippen molar-refractivity contribution in [2.24, 2.45) is 5.92 Å². The zero-order valence-corrected chi connectivity index (χ0v) is 20.3. The standard InChI is InChI=1S/C28H25N3O3S/c1-21(2)20-34-25-15-13-22(14-16-25)28-23(19-31(30-28)24-9-5-3-6-10-24)17-27(18-29)35(32,33)26-11-7-4-8-12-26/h3-17,19,21H,20H2,1-2H3. The van der Waals surface area contributed by atoms with Crippen LogP contribution in [0.4, 0.5) is 0 Å². The molecule has 1 aromatic heterocycles. The third-order valence-corrected chi connectivity index (χ3v) is 6.90. The molecule has 176 valence electrons. The number of sulfone groups is 1. The second kappa shape index (κ2) is 10.4. The number of benzene rings is 3. The first-order chi connectivity index (χ1) is 16.9. The third-order valence-electron chi connectivity index (χ3n) is 5.21. The fourth-order valence-electron chi connectivity index (χ4n) is 3.44. The number of para-hydroxylation sites is 1. The Kier molecular flexibility index (Phi) is 7.14. The first-order valence-corrected chi connectivity index (χ1v) is 12.7. The van der Waals surface area contributed by atoms with Crippen molar-refractivity contribution in [2.45, 2.75) is 18.7 Å². The zero-order chi connectivity index (χ0) is 24.8. The van der Waals surface area contributed by atoms with Crippen LogP contribution < -0.4 is 4.74 Å². The smallest absolute Gasteiger partial charge is 0.216 e.